The van der Waals surface area contributed by atoms with E-state index in [1.807, 2.05) is 0 Å². The first kappa shape index (κ1) is 8.54. The molecule has 0 spiro atoms. The van der Waals surface area contributed by atoms with E-state index < -0.39 is 0 Å². The van der Waals surface area contributed by atoms with Gasteiger partial charge in [0.2, 0.25) is 0 Å². The Hall–Kier alpha value is -0.560. The fourth-order valence-electron chi connectivity index (χ4n) is 1.37. The molecule has 62 valence electrons. The van der Waals surface area contributed by atoms with Gasteiger partial charge in [-0.15, -0.1) is 0 Å². The molecule has 0 aromatic carbocycles. The fourth-order valence-corrected chi connectivity index (χ4v) is 1.37. The quantitative estimate of drug-likeness (QED) is 0.644. The van der Waals surface area contributed by atoms with E-state index in [1.54, 1.807) is 0 Å². The normalized spacial score (nSPS) is 25.6. The molecule has 0 bridgehead atoms. The van der Waals surface area contributed by atoms with Crippen molar-refractivity contribution in [2.24, 2.45) is 5.73 Å². The van der Waals surface area contributed by atoms with Crippen molar-refractivity contribution in [3.8, 4) is 0 Å². The Kier molecular flexibility index (Phi) is 3.37. The number of hydrogen-bond acceptors (Lipinski definition) is 1. The third-order valence-corrected chi connectivity index (χ3v) is 2.07. The zero-order valence-corrected chi connectivity index (χ0v) is 7.22. The van der Waals surface area contributed by atoms with Gasteiger partial charge >= 0.3 is 0 Å². The Morgan fingerprint density at radius 3 is 3.18 bits per heavy atom. The van der Waals surface area contributed by atoms with Crippen molar-refractivity contribution in [3.63, 3.8) is 0 Å². The molecular weight excluding hydrogens is 134 g/mol. The average Bonchev–Trinajstić information content (AvgIpc) is 2.03. The highest BCUT2D eigenvalue weighted by Crippen LogP contribution is 2.17. The van der Waals surface area contributed by atoms with Crippen molar-refractivity contribution in [3.05, 3.63) is 23.8 Å². The Morgan fingerprint density at radius 1 is 1.73 bits per heavy atom. The summed E-state index contributed by atoms with van der Waals surface area (Å²) in [5, 5.41) is 0. The van der Waals surface area contributed by atoms with Crippen molar-refractivity contribution < 1.29 is 0 Å². The lowest BCUT2D eigenvalue weighted by Gasteiger charge is -2.17. The summed E-state index contributed by atoms with van der Waals surface area (Å²) in [7, 11) is 0. The van der Waals surface area contributed by atoms with Gasteiger partial charge in [0, 0.05) is 6.04 Å². The Bertz CT molecular complexity index is 168. The van der Waals surface area contributed by atoms with Gasteiger partial charge in [0.15, 0.2) is 0 Å². The lowest BCUT2D eigenvalue weighted by atomic mass is 9.94. The molecule has 0 saturated carbocycles. The van der Waals surface area contributed by atoms with Crippen LogP contribution in [-0.4, -0.2) is 6.04 Å². The van der Waals surface area contributed by atoms with Gasteiger partial charge in [-0.2, -0.15) is 0 Å². The maximum atomic E-state index is 5.90. The highest BCUT2D eigenvalue weighted by molar-refractivity contribution is 5.25. The zero-order valence-electron chi connectivity index (χ0n) is 7.22. The lowest BCUT2D eigenvalue weighted by molar-refractivity contribution is 0.625. The van der Waals surface area contributed by atoms with E-state index >= 15 is 0 Å². The highest BCUT2D eigenvalue weighted by atomic mass is 14.6. The molecule has 0 aliphatic heterocycles. The largest absolute Gasteiger partial charge is 0.324 e. The van der Waals surface area contributed by atoms with Crippen LogP contribution >= 0.6 is 0 Å². The van der Waals surface area contributed by atoms with Crippen molar-refractivity contribution >= 4 is 0 Å². The van der Waals surface area contributed by atoms with Gasteiger partial charge in [-0.05, 0) is 31.3 Å². The first-order chi connectivity index (χ1) is 5.34. The molecule has 1 aliphatic carbocycles. The minimum atomic E-state index is 0.298. The lowest BCUT2D eigenvalue weighted by Crippen LogP contribution is -2.23. The molecule has 1 aliphatic rings. The van der Waals surface area contributed by atoms with E-state index in [-0.39, 0.29) is 0 Å². The van der Waals surface area contributed by atoms with Crippen molar-refractivity contribution in [2.75, 3.05) is 0 Å². The number of nitrogens with two attached hydrogens (primary N) is 1. The molecule has 1 heteroatoms. The van der Waals surface area contributed by atoms with E-state index in [2.05, 4.69) is 25.2 Å². The molecule has 11 heavy (non-hydrogen) atoms. The van der Waals surface area contributed by atoms with Gasteiger partial charge in [0.25, 0.3) is 0 Å². The number of rotatable bonds is 2. The molecule has 0 saturated heterocycles. The Balaban J connectivity index is 2.53. The summed E-state index contributed by atoms with van der Waals surface area (Å²) in [6, 6.07) is 0.298. The molecule has 1 unspecified atom stereocenters. The fraction of sp³-hybridized carbons (Fsp3) is 0.600. The SMILES string of the molecule is CC/C=C\C1=CCCCC1N. The Morgan fingerprint density at radius 2 is 2.55 bits per heavy atom. The van der Waals surface area contributed by atoms with Crippen LogP contribution in [0, 0.1) is 0 Å². The molecule has 0 amide bonds. The van der Waals surface area contributed by atoms with Crippen LogP contribution in [0.1, 0.15) is 32.6 Å². The molecule has 0 fully saturated rings. The van der Waals surface area contributed by atoms with Crippen LogP contribution in [-0.2, 0) is 0 Å². The monoisotopic (exact) mass is 151 g/mol. The maximum Gasteiger partial charge on any atom is 0.0291 e. The number of hydrogen-bond donors (Lipinski definition) is 1. The van der Waals surface area contributed by atoms with Crippen LogP contribution in [0.3, 0.4) is 0 Å². The second-order valence-corrected chi connectivity index (χ2v) is 3.05. The van der Waals surface area contributed by atoms with E-state index in [4.69, 9.17) is 5.73 Å². The van der Waals surface area contributed by atoms with Crippen molar-refractivity contribution in [1.82, 2.24) is 0 Å². The maximum absolute atomic E-state index is 5.90. The van der Waals surface area contributed by atoms with Crippen molar-refractivity contribution in [1.29, 1.82) is 0 Å². The van der Waals surface area contributed by atoms with Crippen molar-refractivity contribution in [2.45, 2.75) is 38.6 Å². The van der Waals surface area contributed by atoms with E-state index in [0.29, 0.717) is 6.04 Å². The summed E-state index contributed by atoms with van der Waals surface area (Å²) in [5.41, 5.74) is 7.23. The summed E-state index contributed by atoms with van der Waals surface area (Å²) in [5.74, 6) is 0. The first-order valence-corrected chi connectivity index (χ1v) is 4.46. The summed E-state index contributed by atoms with van der Waals surface area (Å²) < 4.78 is 0. The standard InChI is InChI=1S/C10H17N/c1-2-3-6-9-7-4-5-8-10(9)11/h3,6-7,10H,2,4-5,8,11H2,1H3/b6-3-. The zero-order chi connectivity index (χ0) is 8.10. The van der Waals surface area contributed by atoms with Crippen LogP contribution in [0.5, 0.6) is 0 Å². The van der Waals surface area contributed by atoms with Crippen LogP contribution < -0.4 is 5.73 Å². The third kappa shape index (κ3) is 2.51. The summed E-state index contributed by atoms with van der Waals surface area (Å²) in [6.45, 7) is 2.14. The molecule has 0 radical (unpaired) electrons. The predicted molar refractivity (Wildman–Crippen MR) is 49.3 cm³/mol. The van der Waals surface area contributed by atoms with Gasteiger partial charge < -0.3 is 5.73 Å². The number of allylic oxidation sites excluding steroid dienone is 2. The molecule has 1 rings (SSSR count). The molecular formula is C10H17N. The summed E-state index contributed by atoms with van der Waals surface area (Å²) in [4.78, 5) is 0. The van der Waals surface area contributed by atoms with Gasteiger partial charge in [0.1, 0.15) is 0 Å². The van der Waals surface area contributed by atoms with Crippen LogP contribution in [0.25, 0.3) is 0 Å². The second-order valence-electron chi connectivity index (χ2n) is 3.05. The molecule has 2 N–H and O–H groups in total. The first-order valence-electron chi connectivity index (χ1n) is 4.46. The molecule has 0 aromatic rings. The minimum absolute atomic E-state index is 0.298. The van der Waals surface area contributed by atoms with Gasteiger partial charge in [0.05, 0.1) is 0 Å². The third-order valence-electron chi connectivity index (χ3n) is 2.07. The second kappa shape index (κ2) is 4.35. The molecule has 1 atom stereocenters. The van der Waals surface area contributed by atoms with E-state index in [0.717, 1.165) is 12.8 Å². The van der Waals surface area contributed by atoms with Crippen LogP contribution in [0.2, 0.25) is 0 Å². The predicted octanol–water partition coefficient (Wildman–Crippen LogP) is 2.39. The minimum Gasteiger partial charge on any atom is -0.324 e. The van der Waals surface area contributed by atoms with Gasteiger partial charge in [-0.25, -0.2) is 0 Å². The Labute approximate surface area is 69.0 Å². The summed E-state index contributed by atoms with van der Waals surface area (Å²) in [6.07, 6.45) is 11.3. The van der Waals surface area contributed by atoms with Gasteiger partial charge in [-0.3, -0.25) is 0 Å². The molecule has 0 aromatic heterocycles. The van der Waals surface area contributed by atoms with E-state index in [1.165, 1.54) is 18.4 Å². The molecule has 0 heterocycles. The molecule has 1 nitrogen and oxygen atoms in total. The average molecular weight is 151 g/mol. The van der Waals surface area contributed by atoms with Crippen LogP contribution in [0.4, 0.5) is 0 Å². The topological polar surface area (TPSA) is 26.0 Å². The highest BCUT2D eigenvalue weighted by Gasteiger charge is 2.09. The summed E-state index contributed by atoms with van der Waals surface area (Å²) >= 11 is 0. The van der Waals surface area contributed by atoms with Crippen LogP contribution in [0.15, 0.2) is 23.8 Å². The van der Waals surface area contributed by atoms with Gasteiger partial charge in [-0.1, -0.05) is 25.2 Å². The van der Waals surface area contributed by atoms with E-state index in [9.17, 15) is 0 Å². The smallest absolute Gasteiger partial charge is 0.0291 e.